The van der Waals surface area contributed by atoms with E-state index in [1.54, 1.807) is 0 Å². The van der Waals surface area contributed by atoms with Gasteiger partial charge in [-0.05, 0) is 0 Å². The van der Waals surface area contributed by atoms with Crippen molar-refractivity contribution in [3.8, 4) is 0 Å². The van der Waals surface area contributed by atoms with Gasteiger partial charge in [0.15, 0.2) is 0 Å². The van der Waals surface area contributed by atoms with Gasteiger partial charge in [-0.3, -0.25) is 0 Å². The van der Waals surface area contributed by atoms with Crippen LogP contribution in [0.15, 0.2) is 30.3 Å². The molecule has 0 amide bonds. The summed E-state index contributed by atoms with van der Waals surface area (Å²) >= 11 is 0. The van der Waals surface area contributed by atoms with Crippen LogP contribution < -0.4 is 5.30 Å². The Morgan fingerprint density at radius 2 is 0.931 bits per heavy atom. The van der Waals surface area contributed by atoms with Gasteiger partial charge in [0.1, 0.15) is 0 Å². The van der Waals surface area contributed by atoms with Crippen molar-refractivity contribution in [2.45, 2.75) is 116 Å². The summed E-state index contributed by atoms with van der Waals surface area (Å²) in [7, 11) is -4.72. The maximum atomic E-state index is 13.1. The molecule has 0 unspecified atom stereocenters. The van der Waals surface area contributed by atoms with Gasteiger partial charge in [0.2, 0.25) is 0 Å². The number of hydrogen-bond donors (Lipinski definition) is 2. The van der Waals surface area contributed by atoms with Crippen LogP contribution in [0, 0.1) is 0 Å². The number of benzene rings is 1. The summed E-state index contributed by atoms with van der Waals surface area (Å²) in [6, 6.07) is 9.70. The van der Waals surface area contributed by atoms with E-state index >= 15 is 0 Å². The molecule has 2 aliphatic rings. The van der Waals surface area contributed by atoms with Crippen LogP contribution in [0.4, 0.5) is 0 Å². The van der Waals surface area contributed by atoms with E-state index < -0.39 is 7.36 Å². The van der Waals surface area contributed by atoms with Crippen molar-refractivity contribution in [2.75, 3.05) is 0 Å². The summed E-state index contributed by atoms with van der Waals surface area (Å²) in [5, 5.41) is 0.657. The Balaban J connectivity index is 2.41. The third kappa shape index (κ3) is 3.49. The summed E-state index contributed by atoms with van der Waals surface area (Å²) in [6.45, 7) is 17.5. The van der Waals surface area contributed by atoms with Crippen LogP contribution >= 0.6 is 7.36 Å². The second-order valence-electron chi connectivity index (χ2n) is 11.9. The summed E-state index contributed by atoms with van der Waals surface area (Å²) in [6.07, 6.45) is 6.02. The maximum absolute atomic E-state index is 13.1. The average molecular weight is 423 g/mol. The molecule has 0 radical (unpaired) electrons. The van der Waals surface area contributed by atoms with Gasteiger partial charge in [-0.1, -0.05) is 0 Å². The molecule has 3 rings (SSSR count). The van der Waals surface area contributed by atoms with E-state index in [9.17, 15) is 9.79 Å². The van der Waals surface area contributed by atoms with Crippen LogP contribution in [0.3, 0.4) is 0 Å². The van der Waals surface area contributed by atoms with E-state index in [1.165, 1.54) is 0 Å². The number of rotatable bonds is 3. The van der Waals surface area contributed by atoms with Gasteiger partial charge in [0.25, 0.3) is 0 Å². The standard InChI is InChI=1S/C24H43N2O2P/c1-21(2)16-12-17-22(3,4)25(21)29(27,28,20-14-10-9-11-15-20)26-23(5,6)18-13-19-24(26,7)8/h9-11,14-15,27-28H,12-13,16-19H2,1-8H3. The molecule has 166 valence electrons. The van der Waals surface area contributed by atoms with Gasteiger partial charge >= 0.3 is 178 Å². The Morgan fingerprint density at radius 1 is 0.621 bits per heavy atom. The molecular weight excluding hydrogens is 379 g/mol. The molecule has 0 aliphatic carbocycles. The molecule has 4 nitrogen and oxygen atoms in total. The van der Waals surface area contributed by atoms with Gasteiger partial charge in [-0.25, -0.2) is 0 Å². The predicted octanol–water partition coefficient (Wildman–Crippen LogP) is 5.60. The fraction of sp³-hybridized carbons (Fsp3) is 0.750. The Labute approximate surface area is 178 Å². The van der Waals surface area contributed by atoms with Crippen molar-refractivity contribution in [1.29, 1.82) is 0 Å². The fourth-order valence-electron chi connectivity index (χ4n) is 6.98. The molecule has 2 fully saturated rings. The Hall–Kier alpha value is -0.510. The molecule has 2 N–H and O–H groups in total. The summed E-state index contributed by atoms with van der Waals surface area (Å²) < 4.78 is 4.30. The molecule has 0 bridgehead atoms. The second-order valence-corrected chi connectivity index (χ2v) is 15.0. The second kappa shape index (κ2) is 6.74. The first-order chi connectivity index (χ1) is 13.1. The molecule has 2 saturated heterocycles. The molecule has 2 aliphatic heterocycles. The molecule has 0 atom stereocenters. The fourth-order valence-corrected chi connectivity index (χ4v) is 12.7. The zero-order chi connectivity index (χ0) is 22.0. The number of piperidine rings is 2. The third-order valence-electron chi connectivity index (χ3n) is 7.40. The Morgan fingerprint density at radius 3 is 1.24 bits per heavy atom. The first-order valence-electron chi connectivity index (χ1n) is 11.2. The summed E-state index contributed by atoms with van der Waals surface area (Å²) in [5.41, 5.74) is -1.32. The van der Waals surface area contributed by atoms with Gasteiger partial charge in [0.05, 0.1) is 0 Å². The summed E-state index contributed by atoms with van der Waals surface area (Å²) in [5.74, 6) is 0. The monoisotopic (exact) mass is 422 g/mol. The van der Waals surface area contributed by atoms with E-state index in [1.807, 2.05) is 30.3 Å². The van der Waals surface area contributed by atoms with E-state index in [4.69, 9.17) is 0 Å². The number of nitrogens with zero attached hydrogens (tertiary/aromatic N) is 2. The Bertz CT molecular complexity index is 681. The van der Waals surface area contributed by atoms with E-state index in [0.717, 1.165) is 38.5 Å². The number of hydrogen-bond acceptors (Lipinski definition) is 4. The van der Waals surface area contributed by atoms with Crippen molar-refractivity contribution >= 4 is 12.7 Å². The van der Waals surface area contributed by atoms with Crippen molar-refractivity contribution in [3.05, 3.63) is 30.3 Å². The van der Waals surface area contributed by atoms with Crippen molar-refractivity contribution < 1.29 is 9.79 Å². The Kier molecular flexibility index (Phi) is 5.38. The minimum absolute atomic E-state index is 0.331. The molecule has 0 spiro atoms. The molecule has 5 heteroatoms. The molecule has 1 aromatic rings. The molecular formula is C24H43N2O2P. The zero-order valence-electron chi connectivity index (χ0n) is 19.9. The van der Waals surface area contributed by atoms with Crippen LogP contribution in [0.1, 0.15) is 93.9 Å². The van der Waals surface area contributed by atoms with Crippen molar-refractivity contribution in [1.82, 2.24) is 9.34 Å². The topological polar surface area (TPSA) is 46.9 Å². The molecule has 0 saturated carbocycles. The van der Waals surface area contributed by atoms with Crippen LogP contribution in [0.5, 0.6) is 0 Å². The van der Waals surface area contributed by atoms with Crippen LogP contribution in [-0.4, -0.2) is 41.3 Å². The van der Waals surface area contributed by atoms with Gasteiger partial charge < -0.3 is 0 Å². The van der Waals surface area contributed by atoms with Crippen molar-refractivity contribution in [3.63, 3.8) is 0 Å². The van der Waals surface area contributed by atoms with Crippen LogP contribution in [-0.2, 0) is 0 Å². The van der Waals surface area contributed by atoms with E-state index in [0.29, 0.717) is 5.30 Å². The van der Waals surface area contributed by atoms with Crippen molar-refractivity contribution in [2.24, 2.45) is 0 Å². The predicted molar refractivity (Wildman–Crippen MR) is 125 cm³/mol. The third-order valence-corrected chi connectivity index (χ3v) is 12.3. The van der Waals surface area contributed by atoms with Crippen LogP contribution in [0.2, 0.25) is 0 Å². The summed E-state index contributed by atoms with van der Waals surface area (Å²) in [4.78, 5) is 26.2. The molecule has 2 heterocycles. The molecule has 1 aromatic carbocycles. The van der Waals surface area contributed by atoms with E-state index in [-0.39, 0.29) is 22.2 Å². The SMILES string of the molecule is CC1(C)CCCC(C)(C)N1P(O)(O)(c1ccccc1)N1C(C)(C)CCCC1(C)C. The normalized spacial score (nSPS) is 28.4. The van der Waals surface area contributed by atoms with Gasteiger partial charge in [-0.2, -0.15) is 0 Å². The quantitative estimate of drug-likeness (QED) is 0.623. The molecule has 0 aromatic heterocycles. The molecule has 29 heavy (non-hydrogen) atoms. The van der Waals surface area contributed by atoms with Crippen LogP contribution in [0.25, 0.3) is 0 Å². The first kappa shape index (κ1) is 23.2. The minimum atomic E-state index is -4.72. The van der Waals surface area contributed by atoms with Gasteiger partial charge in [-0.15, -0.1) is 0 Å². The zero-order valence-corrected chi connectivity index (χ0v) is 20.8. The first-order valence-corrected chi connectivity index (χ1v) is 13.3. The van der Waals surface area contributed by atoms with E-state index in [2.05, 4.69) is 64.7 Å². The average Bonchev–Trinajstić information content (AvgIpc) is 2.51. The van der Waals surface area contributed by atoms with Gasteiger partial charge in [0, 0.05) is 0 Å².